The molecule has 0 atom stereocenters. The SMILES string of the molecule is C=CCSSOC(=O)CC. The van der Waals surface area contributed by atoms with Crippen molar-refractivity contribution in [3.05, 3.63) is 12.7 Å². The van der Waals surface area contributed by atoms with E-state index in [4.69, 9.17) is 0 Å². The Morgan fingerprint density at radius 2 is 2.50 bits per heavy atom. The Morgan fingerprint density at radius 1 is 1.80 bits per heavy atom. The topological polar surface area (TPSA) is 26.3 Å². The van der Waals surface area contributed by atoms with Crippen LogP contribution in [0.15, 0.2) is 12.7 Å². The molecule has 0 spiro atoms. The third-order valence-electron chi connectivity index (χ3n) is 0.650. The van der Waals surface area contributed by atoms with Gasteiger partial charge in [-0.2, -0.15) is 0 Å². The number of carbonyl (C=O) groups excluding carboxylic acids is 1. The fourth-order valence-corrected chi connectivity index (χ4v) is 1.42. The van der Waals surface area contributed by atoms with Crippen LogP contribution in [0.1, 0.15) is 13.3 Å². The van der Waals surface area contributed by atoms with Crippen molar-refractivity contribution in [2.24, 2.45) is 0 Å². The van der Waals surface area contributed by atoms with Gasteiger partial charge in [0.2, 0.25) is 0 Å². The van der Waals surface area contributed by atoms with E-state index < -0.39 is 0 Å². The zero-order valence-electron chi connectivity index (χ0n) is 5.83. The van der Waals surface area contributed by atoms with Crippen molar-refractivity contribution in [2.45, 2.75) is 13.3 Å². The molecule has 0 rings (SSSR count). The molecule has 0 aromatic rings. The van der Waals surface area contributed by atoms with Crippen molar-refractivity contribution in [1.82, 2.24) is 0 Å². The second-order valence-corrected chi connectivity index (χ2v) is 3.44. The van der Waals surface area contributed by atoms with Gasteiger partial charge in [-0.3, -0.25) is 4.79 Å². The molecule has 0 aliphatic heterocycles. The molecule has 0 fully saturated rings. The third-order valence-corrected chi connectivity index (χ3v) is 2.27. The second-order valence-electron chi connectivity index (χ2n) is 1.45. The predicted octanol–water partition coefficient (Wildman–Crippen LogP) is 2.42. The van der Waals surface area contributed by atoms with Gasteiger partial charge in [0.25, 0.3) is 0 Å². The van der Waals surface area contributed by atoms with Crippen molar-refractivity contribution in [2.75, 3.05) is 5.75 Å². The van der Waals surface area contributed by atoms with Gasteiger partial charge in [0.15, 0.2) is 0 Å². The molecule has 0 saturated carbocycles. The first-order valence-corrected chi connectivity index (χ1v) is 5.15. The molecule has 0 saturated heterocycles. The summed E-state index contributed by atoms with van der Waals surface area (Å²) in [6.07, 6.45) is 2.19. The molecule has 0 heterocycles. The molecule has 0 radical (unpaired) electrons. The highest BCUT2D eigenvalue weighted by Gasteiger charge is 1.97. The van der Waals surface area contributed by atoms with Crippen LogP contribution in [0.2, 0.25) is 0 Å². The average molecular weight is 178 g/mol. The Morgan fingerprint density at radius 3 is 3.00 bits per heavy atom. The van der Waals surface area contributed by atoms with Crippen LogP contribution in [0.25, 0.3) is 0 Å². The summed E-state index contributed by atoms with van der Waals surface area (Å²) in [5.74, 6) is 0.614. The Kier molecular flexibility index (Phi) is 6.96. The van der Waals surface area contributed by atoms with Crippen LogP contribution < -0.4 is 0 Å². The van der Waals surface area contributed by atoms with Crippen molar-refractivity contribution >= 4 is 27.8 Å². The first kappa shape index (κ1) is 9.91. The van der Waals surface area contributed by atoms with Crippen LogP contribution in [-0.4, -0.2) is 11.7 Å². The molecule has 0 amide bonds. The molecular formula is C6H10O2S2. The van der Waals surface area contributed by atoms with Crippen LogP contribution in [0.3, 0.4) is 0 Å². The van der Waals surface area contributed by atoms with Gasteiger partial charge >= 0.3 is 5.97 Å². The maximum Gasteiger partial charge on any atom is 0.318 e. The Balaban J connectivity index is 3.03. The standard InChI is InChI=1S/C6H10O2S2/c1-3-5-9-10-8-6(7)4-2/h3H,1,4-5H2,2H3. The van der Waals surface area contributed by atoms with Crippen molar-refractivity contribution in [3.63, 3.8) is 0 Å². The monoisotopic (exact) mass is 178 g/mol. The van der Waals surface area contributed by atoms with Crippen LogP contribution in [0, 0.1) is 0 Å². The number of rotatable bonds is 5. The summed E-state index contributed by atoms with van der Waals surface area (Å²) in [5, 5.41) is 0. The summed E-state index contributed by atoms with van der Waals surface area (Å²) in [6.45, 7) is 5.29. The fraction of sp³-hybridized carbons (Fsp3) is 0.500. The lowest BCUT2D eigenvalue weighted by Crippen LogP contribution is -1.93. The van der Waals surface area contributed by atoms with Gasteiger partial charge in [-0.1, -0.05) is 13.0 Å². The third kappa shape index (κ3) is 6.04. The average Bonchev–Trinajstić information content (AvgIpc) is 1.98. The Labute approximate surface area is 69.0 Å². The van der Waals surface area contributed by atoms with Crippen LogP contribution in [0.5, 0.6) is 0 Å². The van der Waals surface area contributed by atoms with E-state index in [2.05, 4.69) is 10.8 Å². The van der Waals surface area contributed by atoms with Gasteiger partial charge in [-0.25, -0.2) is 0 Å². The fourth-order valence-electron chi connectivity index (χ4n) is 0.197. The molecule has 0 aliphatic carbocycles. The quantitative estimate of drug-likeness (QED) is 0.279. The maximum absolute atomic E-state index is 10.5. The lowest BCUT2D eigenvalue weighted by atomic mass is 10.5. The van der Waals surface area contributed by atoms with Crippen molar-refractivity contribution in [1.29, 1.82) is 0 Å². The summed E-state index contributed by atoms with van der Waals surface area (Å²) < 4.78 is 4.69. The van der Waals surface area contributed by atoms with Gasteiger partial charge in [-0.05, 0) is 10.8 Å². The maximum atomic E-state index is 10.5. The molecule has 0 N–H and O–H groups in total. The Bertz CT molecular complexity index is 114. The van der Waals surface area contributed by atoms with Gasteiger partial charge in [-0.15, -0.1) is 6.58 Å². The smallest absolute Gasteiger partial charge is 0.318 e. The lowest BCUT2D eigenvalue weighted by molar-refractivity contribution is -0.132. The van der Waals surface area contributed by atoms with E-state index >= 15 is 0 Å². The van der Waals surface area contributed by atoms with E-state index in [1.807, 2.05) is 0 Å². The van der Waals surface area contributed by atoms with E-state index in [-0.39, 0.29) is 5.97 Å². The molecule has 0 aromatic heterocycles. The molecule has 0 bridgehead atoms. The summed E-state index contributed by atoms with van der Waals surface area (Å²) in [6, 6.07) is 0. The molecule has 10 heavy (non-hydrogen) atoms. The molecule has 0 unspecified atom stereocenters. The highest BCUT2D eigenvalue weighted by Crippen LogP contribution is 2.22. The number of hydrogen-bond donors (Lipinski definition) is 0. The summed E-state index contributed by atoms with van der Waals surface area (Å²) in [4.78, 5) is 10.5. The predicted molar refractivity (Wildman–Crippen MR) is 46.6 cm³/mol. The zero-order valence-corrected chi connectivity index (χ0v) is 7.46. The molecule has 58 valence electrons. The highest BCUT2D eigenvalue weighted by molar-refractivity contribution is 8.75. The van der Waals surface area contributed by atoms with Crippen molar-refractivity contribution < 1.29 is 8.98 Å². The van der Waals surface area contributed by atoms with Crippen molar-refractivity contribution in [3.8, 4) is 0 Å². The summed E-state index contributed by atoms with van der Waals surface area (Å²) in [7, 11) is 1.45. The van der Waals surface area contributed by atoms with E-state index in [0.717, 1.165) is 16.8 Å². The summed E-state index contributed by atoms with van der Waals surface area (Å²) in [5.41, 5.74) is 0. The molecule has 0 aliphatic rings. The molecule has 4 heteroatoms. The van der Waals surface area contributed by atoms with Gasteiger partial charge in [0.1, 0.15) is 11.1 Å². The molecular weight excluding hydrogens is 168 g/mol. The first-order valence-electron chi connectivity index (χ1n) is 2.91. The minimum absolute atomic E-state index is 0.179. The van der Waals surface area contributed by atoms with Crippen LogP contribution in [0.4, 0.5) is 0 Å². The Hall–Kier alpha value is -0.0900. The second kappa shape index (κ2) is 7.02. The number of hydrogen-bond acceptors (Lipinski definition) is 4. The zero-order chi connectivity index (χ0) is 7.82. The highest BCUT2D eigenvalue weighted by atomic mass is 33.1. The number of carbonyl (C=O) groups is 1. The largest absolute Gasteiger partial charge is 0.379 e. The van der Waals surface area contributed by atoms with Gasteiger partial charge in [0.05, 0.1) is 0 Å². The van der Waals surface area contributed by atoms with E-state index in [1.54, 1.807) is 13.0 Å². The van der Waals surface area contributed by atoms with Gasteiger partial charge in [0, 0.05) is 12.2 Å². The van der Waals surface area contributed by atoms with E-state index in [0.29, 0.717) is 6.42 Å². The minimum atomic E-state index is -0.179. The van der Waals surface area contributed by atoms with Crippen LogP contribution in [-0.2, 0) is 8.98 Å². The van der Waals surface area contributed by atoms with E-state index in [9.17, 15) is 4.79 Å². The lowest BCUT2D eigenvalue weighted by Gasteiger charge is -1.96. The molecule has 2 nitrogen and oxygen atoms in total. The molecule has 0 aromatic carbocycles. The normalized spacial score (nSPS) is 8.90. The van der Waals surface area contributed by atoms with Crippen LogP contribution >= 0.6 is 21.9 Å². The summed E-state index contributed by atoms with van der Waals surface area (Å²) >= 11 is 1.11. The van der Waals surface area contributed by atoms with Gasteiger partial charge < -0.3 is 4.18 Å². The first-order chi connectivity index (χ1) is 4.81. The van der Waals surface area contributed by atoms with E-state index in [1.165, 1.54) is 10.8 Å². The minimum Gasteiger partial charge on any atom is -0.379 e.